The fraction of sp³-hybridized carbons (Fsp3) is 0.125. The van der Waals surface area contributed by atoms with Crippen LogP contribution in [0.5, 0.6) is 0 Å². The third-order valence-corrected chi connectivity index (χ3v) is 4.34. The molecule has 0 saturated carbocycles. The normalized spacial score (nSPS) is 11.0. The number of rotatable bonds is 4. The molecule has 0 saturated heterocycles. The van der Waals surface area contributed by atoms with Crippen molar-refractivity contribution < 1.29 is 0 Å². The van der Waals surface area contributed by atoms with E-state index in [4.69, 9.17) is 0 Å². The molecule has 1 N–H and O–H groups in total. The zero-order chi connectivity index (χ0) is 16.5. The van der Waals surface area contributed by atoms with Gasteiger partial charge in [0.25, 0.3) is 5.56 Å². The molecule has 0 aliphatic heterocycles. The number of hydrogen-bond donors (Lipinski definition) is 1. The molecule has 7 nitrogen and oxygen atoms in total. The Morgan fingerprint density at radius 1 is 1.25 bits per heavy atom. The van der Waals surface area contributed by atoms with Crippen LogP contribution in [0.3, 0.4) is 0 Å². The number of nitrogens with one attached hydrogen (secondary N) is 1. The number of para-hydroxylation sites is 1. The van der Waals surface area contributed by atoms with Crippen LogP contribution < -0.4 is 10.9 Å². The Morgan fingerprint density at radius 3 is 2.92 bits per heavy atom. The number of aryl methyl sites for hydroxylation is 1. The fourth-order valence-electron chi connectivity index (χ4n) is 2.34. The van der Waals surface area contributed by atoms with E-state index in [0.29, 0.717) is 22.3 Å². The molecule has 3 heterocycles. The van der Waals surface area contributed by atoms with Gasteiger partial charge >= 0.3 is 0 Å². The van der Waals surface area contributed by atoms with E-state index in [-0.39, 0.29) is 5.56 Å². The van der Waals surface area contributed by atoms with Crippen LogP contribution in [0.1, 0.15) is 11.3 Å². The lowest BCUT2D eigenvalue weighted by molar-refractivity contribution is 0.879. The number of nitrogens with zero attached hydrogens (tertiary/aromatic N) is 5. The highest BCUT2D eigenvalue weighted by Crippen LogP contribution is 2.17. The van der Waals surface area contributed by atoms with Gasteiger partial charge in [0.1, 0.15) is 0 Å². The first-order valence-corrected chi connectivity index (χ1v) is 8.21. The number of aromatic nitrogens is 5. The smallest absolute Gasteiger partial charge is 0.275 e. The van der Waals surface area contributed by atoms with Crippen molar-refractivity contribution in [3.05, 3.63) is 70.4 Å². The van der Waals surface area contributed by atoms with Crippen LogP contribution in [-0.4, -0.2) is 24.4 Å². The van der Waals surface area contributed by atoms with E-state index < -0.39 is 0 Å². The molecule has 0 bridgehead atoms. The molecular formula is C16H14N6OS. The Hall–Kier alpha value is -3.00. The predicted molar refractivity (Wildman–Crippen MR) is 92.8 cm³/mol. The van der Waals surface area contributed by atoms with Crippen LogP contribution in [-0.2, 0) is 6.54 Å². The molecule has 0 fully saturated rings. The van der Waals surface area contributed by atoms with E-state index in [0.717, 1.165) is 11.3 Å². The summed E-state index contributed by atoms with van der Waals surface area (Å²) in [4.78, 5) is 16.8. The lowest BCUT2D eigenvalue weighted by Crippen LogP contribution is -2.14. The summed E-state index contributed by atoms with van der Waals surface area (Å²) < 4.78 is 3.14. The molecule has 0 amide bonds. The van der Waals surface area contributed by atoms with Crippen molar-refractivity contribution in [1.29, 1.82) is 0 Å². The maximum absolute atomic E-state index is 11.9. The quantitative estimate of drug-likeness (QED) is 0.617. The first-order chi connectivity index (χ1) is 11.7. The standard InChI is InChI=1S/C16H14N6OS/c1-11-7-14(23)22-16(19-11)24-15(20-22)17-8-12-9-18-21(10-12)13-5-3-2-4-6-13/h2-7,9-10H,8H2,1H3,(H,17,20). The van der Waals surface area contributed by atoms with Crippen LogP contribution in [0.4, 0.5) is 5.13 Å². The third kappa shape index (κ3) is 2.79. The lowest BCUT2D eigenvalue weighted by Gasteiger charge is -2.00. The summed E-state index contributed by atoms with van der Waals surface area (Å²) >= 11 is 1.35. The van der Waals surface area contributed by atoms with Gasteiger partial charge in [-0.3, -0.25) is 4.79 Å². The molecule has 8 heteroatoms. The molecule has 0 radical (unpaired) electrons. The molecule has 0 aliphatic rings. The number of benzene rings is 1. The highest BCUT2D eigenvalue weighted by atomic mass is 32.1. The van der Waals surface area contributed by atoms with Gasteiger partial charge in [0.2, 0.25) is 10.1 Å². The van der Waals surface area contributed by atoms with Gasteiger partial charge in [0.15, 0.2) is 0 Å². The highest BCUT2D eigenvalue weighted by Gasteiger charge is 2.08. The van der Waals surface area contributed by atoms with Gasteiger partial charge in [-0.1, -0.05) is 29.5 Å². The molecule has 4 aromatic rings. The van der Waals surface area contributed by atoms with E-state index in [1.54, 1.807) is 6.92 Å². The Morgan fingerprint density at radius 2 is 2.08 bits per heavy atom. The Kier molecular flexibility index (Phi) is 3.58. The summed E-state index contributed by atoms with van der Waals surface area (Å²) in [6, 6.07) is 11.4. The van der Waals surface area contributed by atoms with E-state index in [2.05, 4.69) is 20.5 Å². The van der Waals surface area contributed by atoms with Crippen molar-refractivity contribution in [2.45, 2.75) is 13.5 Å². The average molecular weight is 338 g/mol. The molecule has 24 heavy (non-hydrogen) atoms. The van der Waals surface area contributed by atoms with Gasteiger partial charge < -0.3 is 5.32 Å². The average Bonchev–Trinajstić information content (AvgIpc) is 3.20. The van der Waals surface area contributed by atoms with Gasteiger partial charge in [-0.15, -0.1) is 5.10 Å². The molecule has 0 unspecified atom stereocenters. The van der Waals surface area contributed by atoms with E-state index in [1.165, 1.54) is 21.9 Å². The topological polar surface area (TPSA) is 77.1 Å². The van der Waals surface area contributed by atoms with Crippen LogP contribution in [0.15, 0.2) is 53.6 Å². The molecule has 4 rings (SSSR count). The van der Waals surface area contributed by atoms with Crippen LogP contribution >= 0.6 is 11.3 Å². The Bertz CT molecular complexity index is 1050. The SMILES string of the molecule is Cc1cc(=O)n2nc(NCc3cnn(-c4ccccc4)c3)sc2n1. The van der Waals surface area contributed by atoms with E-state index in [9.17, 15) is 4.79 Å². The second-order valence-electron chi connectivity index (χ2n) is 5.32. The van der Waals surface area contributed by atoms with Gasteiger partial charge in [0, 0.05) is 30.1 Å². The van der Waals surface area contributed by atoms with Crippen molar-refractivity contribution in [3.8, 4) is 5.69 Å². The van der Waals surface area contributed by atoms with Gasteiger partial charge in [0.05, 0.1) is 11.9 Å². The van der Waals surface area contributed by atoms with Crippen LogP contribution in [0.2, 0.25) is 0 Å². The zero-order valence-electron chi connectivity index (χ0n) is 12.9. The number of anilines is 1. The van der Waals surface area contributed by atoms with Gasteiger partial charge in [-0.25, -0.2) is 9.67 Å². The Balaban J connectivity index is 1.52. The van der Waals surface area contributed by atoms with Crippen molar-refractivity contribution in [3.63, 3.8) is 0 Å². The predicted octanol–water partition coefficient (Wildman–Crippen LogP) is 2.26. The van der Waals surface area contributed by atoms with Crippen LogP contribution in [0, 0.1) is 6.92 Å². The van der Waals surface area contributed by atoms with Crippen molar-refractivity contribution in [2.75, 3.05) is 5.32 Å². The van der Waals surface area contributed by atoms with E-state index in [1.807, 2.05) is 47.4 Å². The largest absolute Gasteiger partial charge is 0.356 e. The van der Waals surface area contributed by atoms with Gasteiger partial charge in [-0.05, 0) is 19.1 Å². The second kappa shape index (κ2) is 5.89. The maximum Gasteiger partial charge on any atom is 0.275 e. The summed E-state index contributed by atoms with van der Waals surface area (Å²) in [5.41, 5.74) is 2.56. The van der Waals surface area contributed by atoms with Crippen molar-refractivity contribution in [1.82, 2.24) is 24.4 Å². The second-order valence-corrected chi connectivity index (χ2v) is 6.28. The fourth-order valence-corrected chi connectivity index (χ4v) is 3.19. The molecule has 0 aliphatic carbocycles. The summed E-state index contributed by atoms with van der Waals surface area (Å²) in [5.74, 6) is 0. The monoisotopic (exact) mass is 338 g/mol. The van der Waals surface area contributed by atoms with Gasteiger partial charge in [-0.2, -0.15) is 9.61 Å². The minimum absolute atomic E-state index is 0.168. The molecule has 1 aromatic carbocycles. The molecular weight excluding hydrogens is 324 g/mol. The number of hydrogen-bond acceptors (Lipinski definition) is 6. The summed E-state index contributed by atoms with van der Waals surface area (Å²) in [7, 11) is 0. The third-order valence-electron chi connectivity index (χ3n) is 3.47. The minimum Gasteiger partial charge on any atom is -0.356 e. The lowest BCUT2D eigenvalue weighted by atomic mass is 10.3. The minimum atomic E-state index is -0.168. The summed E-state index contributed by atoms with van der Waals surface area (Å²) in [5, 5.41) is 12.5. The summed E-state index contributed by atoms with van der Waals surface area (Å²) in [6.45, 7) is 2.37. The molecule has 3 aromatic heterocycles. The molecule has 0 spiro atoms. The molecule has 120 valence electrons. The zero-order valence-corrected chi connectivity index (χ0v) is 13.7. The first-order valence-electron chi connectivity index (χ1n) is 7.39. The molecule has 0 atom stereocenters. The summed E-state index contributed by atoms with van der Waals surface area (Å²) in [6.07, 6.45) is 3.77. The first kappa shape index (κ1) is 14.6. The van der Waals surface area contributed by atoms with E-state index >= 15 is 0 Å². The maximum atomic E-state index is 11.9. The highest BCUT2D eigenvalue weighted by molar-refractivity contribution is 7.20. The van der Waals surface area contributed by atoms with Crippen molar-refractivity contribution >= 4 is 21.4 Å². The number of fused-ring (bicyclic) bond motifs is 1. The van der Waals surface area contributed by atoms with Crippen LogP contribution in [0.25, 0.3) is 10.6 Å². The Labute approximate surface area is 141 Å². The van der Waals surface area contributed by atoms with Crippen molar-refractivity contribution in [2.24, 2.45) is 0 Å².